The van der Waals surface area contributed by atoms with Crippen LogP contribution in [-0.4, -0.2) is 69.4 Å². The zero-order valence-corrected chi connectivity index (χ0v) is 19.1. The molecule has 1 aliphatic heterocycles. The zero-order chi connectivity index (χ0) is 24.2. The van der Waals surface area contributed by atoms with Crippen LogP contribution >= 0.6 is 0 Å². The van der Waals surface area contributed by atoms with Crippen molar-refractivity contribution in [2.75, 3.05) is 50.2 Å². The Kier molecular flexibility index (Phi) is 6.62. The average Bonchev–Trinajstić information content (AvgIpc) is 3.30. The van der Waals surface area contributed by atoms with Crippen LogP contribution < -0.4 is 15.0 Å². The number of imidazole rings is 1. The molecule has 0 aliphatic carbocycles. The van der Waals surface area contributed by atoms with Crippen LogP contribution in [-0.2, 0) is 11.2 Å². The molecule has 0 radical (unpaired) electrons. The van der Waals surface area contributed by atoms with E-state index < -0.39 is 12.2 Å². The minimum absolute atomic E-state index is 0.0490. The zero-order valence-electron chi connectivity index (χ0n) is 19.1. The second-order valence-corrected chi connectivity index (χ2v) is 7.79. The molecule has 3 aromatic heterocycles. The number of anilines is 2. The summed E-state index contributed by atoms with van der Waals surface area (Å²) in [6.45, 7) is 2.71. The van der Waals surface area contributed by atoms with E-state index in [1.165, 1.54) is 11.7 Å². The highest BCUT2D eigenvalue weighted by molar-refractivity contribution is 5.84. The molecule has 0 unspecified atom stereocenters. The van der Waals surface area contributed by atoms with E-state index in [4.69, 9.17) is 9.47 Å². The Balaban J connectivity index is 1.56. The fraction of sp³-hybridized carbons (Fsp3) is 0.348. The third-order valence-corrected chi connectivity index (χ3v) is 5.59. The molecular weight excluding hydrogens is 458 g/mol. The van der Waals surface area contributed by atoms with Gasteiger partial charge in [-0.05, 0) is 24.3 Å². The van der Waals surface area contributed by atoms with Crippen LogP contribution in [0.5, 0.6) is 5.75 Å². The third-order valence-electron chi connectivity index (χ3n) is 5.59. The summed E-state index contributed by atoms with van der Waals surface area (Å²) in [7, 11) is 1.47. The summed E-state index contributed by atoms with van der Waals surface area (Å²) in [5.74, 6) is 0.622. The molecule has 35 heavy (non-hydrogen) atoms. The van der Waals surface area contributed by atoms with Crippen LogP contribution in [0, 0.1) is 0 Å². The van der Waals surface area contributed by atoms with Gasteiger partial charge in [-0.3, -0.25) is 9.55 Å². The first-order chi connectivity index (χ1) is 17.1. The van der Waals surface area contributed by atoms with E-state index in [0.29, 0.717) is 62.0 Å². The fourth-order valence-electron chi connectivity index (χ4n) is 3.90. The molecule has 1 saturated heterocycles. The van der Waals surface area contributed by atoms with Gasteiger partial charge in [0.2, 0.25) is 17.8 Å². The number of fused-ring (bicyclic) bond motifs is 1. The standard InChI is InChI=1S/C23H24F2N8O2/c1-34-17-7-4-6-16-18(17)28-20(19(24)25)33(16)23-30-21(27-10-8-15-5-2-3-9-26-15)29-22(31-23)32-11-13-35-14-12-32/h2-7,9,19H,8,10-14H2,1H3,(H,27,29,30,31). The second kappa shape index (κ2) is 10.1. The Morgan fingerprint density at radius 3 is 2.60 bits per heavy atom. The number of nitrogens with one attached hydrogen (secondary N) is 1. The van der Waals surface area contributed by atoms with Gasteiger partial charge in [0.25, 0.3) is 6.43 Å². The predicted octanol–water partition coefficient (Wildman–Crippen LogP) is 3.04. The number of morpholine rings is 1. The van der Waals surface area contributed by atoms with Gasteiger partial charge in [0, 0.05) is 37.9 Å². The number of benzene rings is 1. The summed E-state index contributed by atoms with van der Waals surface area (Å²) < 4.78 is 40.2. The molecule has 5 rings (SSSR count). The Bertz CT molecular complexity index is 1300. The fourth-order valence-corrected chi connectivity index (χ4v) is 3.90. The molecule has 1 fully saturated rings. The minimum atomic E-state index is -2.85. The monoisotopic (exact) mass is 482 g/mol. The third kappa shape index (κ3) is 4.83. The van der Waals surface area contributed by atoms with Crippen LogP contribution in [0.2, 0.25) is 0 Å². The van der Waals surface area contributed by atoms with Gasteiger partial charge in [-0.25, -0.2) is 13.8 Å². The summed E-state index contributed by atoms with van der Waals surface area (Å²) in [5.41, 5.74) is 1.64. The lowest BCUT2D eigenvalue weighted by molar-refractivity contribution is 0.122. The SMILES string of the molecule is COc1cccc2c1nc(C(F)F)n2-c1nc(NCCc2ccccn2)nc(N2CCOCC2)n1. The van der Waals surface area contributed by atoms with E-state index in [-0.39, 0.29) is 11.9 Å². The molecule has 1 aromatic carbocycles. The first-order valence-electron chi connectivity index (χ1n) is 11.2. The van der Waals surface area contributed by atoms with Crippen molar-refractivity contribution < 1.29 is 18.3 Å². The first-order valence-corrected chi connectivity index (χ1v) is 11.2. The van der Waals surface area contributed by atoms with Gasteiger partial charge in [-0.2, -0.15) is 15.0 Å². The predicted molar refractivity (Wildman–Crippen MR) is 125 cm³/mol. The molecule has 4 heterocycles. The van der Waals surface area contributed by atoms with Crippen molar-refractivity contribution in [1.29, 1.82) is 0 Å². The van der Waals surface area contributed by atoms with E-state index in [9.17, 15) is 8.78 Å². The maximum absolute atomic E-state index is 14.1. The van der Waals surface area contributed by atoms with Crippen molar-refractivity contribution in [3.63, 3.8) is 0 Å². The topological polar surface area (TPSA) is 103 Å². The van der Waals surface area contributed by atoms with Crippen molar-refractivity contribution in [2.45, 2.75) is 12.8 Å². The summed E-state index contributed by atoms with van der Waals surface area (Å²) in [4.78, 5) is 24.0. The van der Waals surface area contributed by atoms with Crippen LogP contribution in [0.1, 0.15) is 17.9 Å². The lowest BCUT2D eigenvalue weighted by Crippen LogP contribution is -2.37. The Morgan fingerprint density at radius 1 is 1.03 bits per heavy atom. The van der Waals surface area contributed by atoms with Crippen molar-refractivity contribution in [3.05, 3.63) is 54.1 Å². The van der Waals surface area contributed by atoms with Crippen LogP contribution in [0.25, 0.3) is 17.0 Å². The summed E-state index contributed by atoms with van der Waals surface area (Å²) in [5, 5.41) is 3.19. The van der Waals surface area contributed by atoms with E-state index in [2.05, 4.69) is 30.2 Å². The number of ether oxygens (including phenoxy) is 2. The molecule has 0 saturated carbocycles. The molecule has 1 N–H and O–H groups in total. The number of alkyl halides is 2. The Morgan fingerprint density at radius 2 is 1.86 bits per heavy atom. The van der Waals surface area contributed by atoms with Crippen molar-refractivity contribution in [2.24, 2.45) is 0 Å². The normalized spacial score (nSPS) is 14.0. The molecule has 0 spiro atoms. The quantitative estimate of drug-likeness (QED) is 0.406. The Labute approximate surface area is 200 Å². The number of aromatic nitrogens is 6. The van der Waals surface area contributed by atoms with Crippen molar-refractivity contribution >= 4 is 22.9 Å². The van der Waals surface area contributed by atoms with Gasteiger partial charge in [0.1, 0.15) is 11.3 Å². The molecule has 10 nitrogen and oxygen atoms in total. The smallest absolute Gasteiger partial charge is 0.296 e. The number of hydrogen-bond acceptors (Lipinski definition) is 9. The van der Waals surface area contributed by atoms with Gasteiger partial charge in [0.15, 0.2) is 5.82 Å². The van der Waals surface area contributed by atoms with Crippen molar-refractivity contribution in [3.8, 4) is 11.7 Å². The van der Waals surface area contributed by atoms with Gasteiger partial charge in [0.05, 0.1) is 25.8 Å². The maximum Gasteiger partial charge on any atom is 0.296 e. The minimum Gasteiger partial charge on any atom is -0.494 e. The largest absolute Gasteiger partial charge is 0.494 e. The van der Waals surface area contributed by atoms with Gasteiger partial charge in [-0.15, -0.1) is 0 Å². The molecule has 12 heteroatoms. The molecule has 0 bridgehead atoms. The van der Waals surface area contributed by atoms with E-state index >= 15 is 0 Å². The number of methoxy groups -OCH3 is 1. The summed E-state index contributed by atoms with van der Waals surface area (Å²) in [6, 6.07) is 10.8. The van der Waals surface area contributed by atoms with Crippen LogP contribution in [0.4, 0.5) is 20.7 Å². The molecule has 0 atom stereocenters. The molecule has 182 valence electrons. The molecule has 4 aromatic rings. The van der Waals surface area contributed by atoms with E-state index in [0.717, 1.165) is 5.69 Å². The first kappa shape index (κ1) is 22.8. The average molecular weight is 482 g/mol. The number of halogens is 2. The van der Waals surface area contributed by atoms with Crippen LogP contribution in [0.15, 0.2) is 42.6 Å². The van der Waals surface area contributed by atoms with Crippen LogP contribution in [0.3, 0.4) is 0 Å². The molecule has 0 amide bonds. The second-order valence-electron chi connectivity index (χ2n) is 7.79. The van der Waals surface area contributed by atoms with E-state index in [1.54, 1.807) is 24.4 Å². The number of nitrogens with zero attached hydrogens (tertiary/aromatic N) is 7. The van der Waals surface area contributed by atoms with E-state index in [1.807, 2.05) is 23.1 Å². The highest BCUT2D eigenvalue weighted by Gasteiger charge is 2.25. The molecular formula is C23H24F2N8O2. The molecule has 1 aliphatic rings. The lowest BCUT2D eigenvalue weighted by Gasteiger charge is -2.27. The highest BCUT2D eigenvalue weighted by atomic mass is 19.3. The Hall–Kier alpha value is -3.93. The summed E-state index contributed by atoms with van der Waals surface area (Å²) in [6.07, 6.45) is -0.476. The summed E-state index contributed by atoms with van der Waals surface area (Å²) >= 11 is 0. The van der Waals surface area contributed by atoms with Gasteiger partial charge < -0.3 is 19.7 Å². The number of rotatable bonds is 8. The number of hydrogen-bond donors (Lipinski definition) is 1. The number of pyridine rings is 1. The van der Waals surface area contributed by atoms with Gasteiger partial charge >= 0.3 is 0 Å². The van der Waals surface area contributed by atoms with Crippen molar-refractivity contribution in [1.82, 2.24) is 29.5 Å². The highest BCUT2D eigenvalue weighted by Crippen LogP contribution is 2.32. The lowest BCUT2D eigenvalue weighted by atomic mass is 10.3. The number of para-hydroxylation sites is 1. The maximum atomic E-state index is 14.1. The van der Waals surface area contributed by atoms with Gasteiger partial charge in [-0.1, -0.05) is 12.1 Å².